The SMILES string of the molecule is CC(C)N(Cc1ccc(OCc2ccccc2)cc1)C(=O)COc1ccc(Cl)cc1. The lowest BCUT2D eigenvalue weighted by Crippen LogP contribution is -2.39. The Morgan fingerprint density at radius 3 is 2.07 bits per heavy atom. The Labute approximate surface area is 183 Å². The van der Waals surface area contributed by atoms with Crippen molar-refractivity contribution < 1.29 is 14.3 Å². The van der Waals surface area contributed by atoms with E-state index < -0.39 is 0 Å². The lowest BCUT2D eigenvalue weighted by Gasteiger charge is -2.27. The molecule has 3 rings (SSSR count). The largest absolute Gasteiger partial charge is 0.489 e. The molecular weight excluding hydrogens is 398 g/mol. The third kappa shape index (κ3) is 6.53. The fourth-order valence-corrected chi connectivity index (χ4v) is 3.07. The molecule has 5 heteroatoms. The van der Waals surface area contributed by atoms with Crippen molar-refractivity contribution in [3.63, 3.8) is 0 Å². The van der Waals surface area contributed by atoms with E-state index >= 15 is 0 Å². The van der Waals surface area contributed by atoms with Crippen LogP contribution in [0.25, 0.3) is 0 Å². The molecule has 4 nitrogen and oxygen atoms in total. The number of ether oxygens (including phenoxy) is 2. The van der Waals surface area contributed by atoms with Gasteiger partial charge in [-0.15, -0.1) is 0 Å². The van der Waals surface area contributed by atoms with Crippen molar-refractivity contribution in [2.75, 3.05) is 6.61 Å². The van der Waals surface area contributed by atoms with E-state index in [1.54, 1.807) is 29.2 Å². The van der Waals surface area contributed by atoms with Gasteiger partial charge in [-0.1, -0.05) is 54.1 Å². The summed E-state index contributed by atoms with van der Waals surface area (Å²) >= 11 is 5.88. The van der Waals surface area contributed by atoms with Gasteiger partial charge in [0.25, 0.3) is 5.91 Å². The van der Waals surface area contributed by atoms with E-state index in [1.807, 2.05) is 68.4 Å². The monoisotopic (exact) mass is 423 g/mol. The first-order valence-corrected chi connectivity index (χ1v) is 10.3. The van der Waals surface area contributed by atoms with Crippen LogP contribution in [-0.2, 0) is 17.9 Å². The molecule has 0 aliphatic rings. The Kier molecular flexibility index (Phi) is 7.75. The van der Waals surface area contributed by atoms with E-state index in [1.165, 1.54) is 0 Å². The summed E-state index contributed by atoms with van der Waals surface area (Å²) < 4.78 is 11.4. The first kappa shape index (κ1) is 21.7. The molecule has 0 bridgehead atoms. The molecule has 30 heavy (non-hydrogen) atoms. The second-order valence-corrected chi connectivity index (χ2v) is 7.71. The zero-order valence-corrected chi connectivity index (χ0v) is 18.0. The van der Waals surface area contributed by atoms with Gasteiger partial charge >= 0.3 is 0 Å². The molecule has 3 aromatic rings. The molecule has 0 heterocycles. The number of amides is 1. The molecule has 156 valence electrons. The maximum atomic E-state index is 12.7. The molecule has 0 fully saturated rings. The van der Waals surface area contributed by atoms with Crippen LogP contribution in [0.15, 0.2) is 78.9 Å². The van der Waals surface area contributed by atoms with Crippen LogP contribution in [0.2, 0.25) is 5.02 Å². The van der Waals surface area contributed by atoms with Gasteiger partial charge in [-0.3, -0.25) is 4.79 Å². The van der Waals surface area contributed by atoms with Gasteiger partial charge in [-0.05, 0) is 61.4 Å². The van der Waals surface area contributed by atoms with E-state index in [9.17, 15) is 4.79 Å². The zero-order valence-electron chi connectivity index (χ0n) is 17.3. The molecule has 0 unspecified atom stereocenters. The van der Waals surface area contributed by atoms with Crippen molar-refractivity contribution in [1.29, 1.82) is 0 Å². The molecule has 1 amide bonds. The summed E-state index contributed by atoms with van der Waals surface area (Å²) in [4.78, 5) is 14.5. The van der Waals surface area contributed by atoms with Crippen LogP contribution in [-0.4, -0.2) is 23.5 Å². The average molecular weight is 424 g/mol. The summed E-state index contributed by atoms with van der Waals surface area (Å²) in [6.45, 7) is 5.02. The molecule has 0 aliphatic heterocycles. The highest BCUT2D eigenvalue weighted by Crippen LogP contribution is 2.18. The molecule has 0 aromatic heterocycles. The van der Waals surface area contributed by atoms with Crippen LogP contribution in [0, 0.1) is 0 Å². The summed E-state index contributed by atoms with van der Waals surface area (Å²) in [5.41, 5.74) is 2.16. The zero-order chi connectivity index (χ0) is 21.3. The first-order chi connectivity index (χ1) is 14.5. The van der Waals surface area contributed by atoms with Crippen molar-refractivity contribution in [3.05, 3.63) is 95.0 Å². The van der Waals surface area contributed by atoms with E-state index in [0.717, 1.165) is 16.9 Å². The Morgan fingerprint density at radius 2 is 1.43 bits per heavy atom. The van der Waals surface area contributed by atoms with Gasteiger partial charge in [-0.25, -0.2) is 0 Å². The summed E-state index contributed by atoms with van der Waals surface area (Å²) in [6, 6.07) is 24.9. The van der Waals surface area contributed by atoms with Crippen molar-refractivity contribution in [3.8, 4) is 11.5 Å². The van der Waals surface area contributed by atoms with E-state index in [2.05, 4.69) is 0 Å². The lowest BCUT2D eigenvalue weighted by atomic mass is 10.1. The number of rotatable bonds is 9. The summed E-state index contributed by atoms with van der Waals surface area (Å²) in [6.07, 6.45) is 0. The molecule has 0 saturated heterocycles. The predicted octanol–water partition coefficient (Wildman–Crippen LogP) is 5.74. The average Bonchev–Trinajstić information content (AvgIpc) is 2.77. The van der Waals surface area contributed by atoms with Gasteiger partial charge in [0.1, 0.15) is 18.1 Å². The summed E-state index contributed by atoms with van der Waals surface area (Å²) in [7, 11) is 0. The van der Waals surface area contributed by atoms with E-state index in [0.29, 0.717) is 23.9 Å². The van der Waals surface area contributed by atoms with Crippen LogP contribution >= 0.6 is 11.6 Å². The van der Waals surface area contributed by atoms with Gasteiger partial charge < -0.3 is 14.4 Å². The number of hydrogen-bond acceptors (Lipinski definition) is 3. The van der Waals surface area contributed by atoms with E-state index in [4.69, 9.17) is 21.1 Å². The lowest BCUT2D eigenvalue weighted by molar-refractivity contribution is -0.135. The Hall–Kier alpha value is -2.98. The highest BCUT2D eigenvalue weighted by Gasteiger charge is 2.18. The molecule has 3 aromatic carbocycles. The molecule has 0 saturated carbocycles. The normalized spacial score (nSPS) is 10.7. The topological polar surface area (TPSA) is 38.8 Å². The van der Waals surface area contributed by atoms with Crippen molar-refractivity contribution >= 4 is 17.5 Å². The summed E-state index contributed by atoms with van der Waals surface area (Å²) in [5, 5.41) is 0.633. The highest BCUT2D eigenvalue weighted by molar-refractivity contribution is 6.30. The molecule has 0 aliphatic carbocycles. The number of nitrogens with zero attached hydrogens (tertiary/aromatic N) is 1. The number of halogens is 1. The fourth-order valence-electron chi connectivity index (χ4n) is 2.95. The number of hydrogen-bond donors (Lipinski definition) is 0. The standard InChI is InChI=1S/C25H26ClNO3/c1-19(2)27(25(28)18-30-24-14-10-22(26)11-15-24)16-20-8-12-23(13-9-20)29-17-21-6-4-3-5-7-21/h3-15,19H,16-18H2,1-2H3. The molecule has 0 spiro atoms. The fraction of sp³-hybridized carbons (Fsp3) is 0.240. The van der Waals surface area contributed by atoms with Gasteiger partial charge in [0.15, 0.2) is 6.61 Å². The van der Waals surface area contributed by atoms with Crippen LogP contribution < -0.4 is 9.47 Å². The third-order valence-corrected chi connectivity index (χ3v) is 4.90. The molecule has 0 atom stereocenters. The maximum absolute atomic E-state index is 12.7. The van der Waals surface area contributed by atoms with E-state index in [-0.39, 0.29) is 18.6 Å². The maximum Gasteiger partial charge on any atom is 0.261 e. The second kappa shape index (κ2) is 10.7. The Balaban J connectivity index is 1.54. The van der Waals surface area contributed by atoms with Gasteiger partial charge in [0, 0.05) is 17.6 Å². The first-order valence-electron chi connectivity index (χ1n) is 9.95. The smallest absolute Gasteiger partial charge is 0.261 e. The minimum Gasteiger partial charge on any atom is -0.489 e. The number of carbonyl (C=O) groups is 1. The minimum absolute atomic E-state index is 0.0158. The Bertz CT molecular complexity index is 925. The quantitative estimate of drug-likeness (QED) is 0.440. The van der Waals surface area contributed by atoms with Crippen LogP contribution in [0.4, 0.5) is 0 Å². The van der Waals surface area contributed by atoms with Gasteiger partial charge in [0.2, 0.25) is 0 Å². The van der Waals surface area contributed by atoms with Crippen LogP contribution in [0.3, 0.4) is 0 Å². The number of carbonyl (C=O) groups excluding carboxylic acids is 1. The molecule has 0 radical (unpaired) electrons. The second-order valence-electron chi connectivity index (χ2n) is 7.28. The van der Waals surface area contributed by atoms with Crippen molar-refractivity contribution in [2.45, 2.75) is 33.0 Å². The highest BCUT2D eigenvalue weighted by atomic mass is 35.5. The third-order valence-electron chi connectivity index (χ3n) is 4.64. The van der Waals surface area contributed by atoms with Crippen LogP contribution in [0.1, 0.15) is 25.0 Å². The van der Waals surface area contributed by atoms with Crippen LogP contribution in [0.5, 0.6) is 11.5 Å². The molecular formula is C25H26ClNO3. The minimum atomic E-state index is -0.0654. The van der Waals surface area contributed by atoms with Crippen molar-refractivity contribution in [2.24, 2.45) is 0 Å². The molecule has 0 N–H and O–H groups in total. The van der Waals surface area contributed by atoms with Gasteiger partial charge in [0.05, 0.1) is 0 Å². The number of benzene rings is 3. The predicted molar refractivity (Wildman–Crippen MR) is 120 cm³/mol. The summed E-state index contributed by atoms with van der Waals surface area (Å²) in [5.74, 6) is 1.36. The van der Waals surface area contributed by atoms with Gasteiger partial charge in [-0.2, -0.15) is 0 Å². The van der Waals surface area contributed by atoms with Crippen molar-refractivity contribution in [1.82, 2.24) is 4.90 Å². The Morgan fingerprint density at radius 1 is 0.833 bits per heavy atom.